The smallest absolute Gasteiger partial charge is 0.287 e. The minimum atomic E-state index is -1.23. The third-order valence-corrected chi connectivity index (χ3v) is 0.731. The van der Waals surface area contributed by atoms with E-state index < -0.39 is 23.2 Å². The number of primary amides is 1. The van der Waals surface area contributed by atoms with Crippen molar-refractivity contribution in [3.05, 3.63) is 23.9 Å². The summed E-state index contributed by atoms with van der Waals surface area (Å²) >= 11 is 0. The van der Waals surface area contributed by atoms with Gasteiger partial charge in [0.2, 0.25) is 11.5 Å². The zero-order chi connectivity index (χ0) is 8.31. The van der Waals surface area contributed by atoms with Crippen LogP contribution in [0.5, 0.6) is 0 Å². The highest BCUT2D eigenvalue weighted by Gasteiger charge is 2.11. The molecule has 5 N–H and O–H groups in total. The lowest BCUT2D eigenvalue weighted by atomic mass is 10.3. The highest BCUT2D eigenvalue weighted by Crippen LogP contribution is 2.03. The Morgan fingerprint density at radius 2 is 1.60 bits per heavy atom. The van der Waals surface area contributed by atoms with Gasteiger partial charge in [-0.25, -0.2) is 0 Å². The predicted molar refractivity (Wildman–Crippen MR) is 33.2 cm³/mol. The topological polar surface area (TPSA) is 104 Å². The van der Waals surface area contributed by atoms with Gasteiger partial charge in [0, 0.05) is 0 Å². The number of rotatable bonds is 2. The Hall–Kier alpha value is -1.65. The van der Waals surface area contributed by atoms with Crippen LogP contribution < -0.4 is 5.73 Å². The van der Waals surface area contributed by atoms with Gasteiger partial charge in [0.05, 0.1) is 0 Å². The van der Waals surface area contributed by atoms with Gasteiger partial charge >= 0.3 is 0 Å². The van der Waals surface area contributed by atoms with Crippen LogP contribution in [0.3, 0.4) is 0 Å². The molecule has 0 saturated heterocycles. The van der Waals surface area contributed by atoms with E-state index in [1.807, 2.05) is 0 Å². The van der Waals surface area contributed by atoms with Gasteiger partial charge in [0.15, 0.2) is 5.76 Å². The van der Waals surface area contributed by atoms with Gasteiger partial charge in [0.25, 0.3) is 5.91 Å². The molecule has 1 amide bonds. The molecule has 0 aromatic carbocycles. The molecule has 0 atom stereocenters. The summed E-state index contributed by atoms with van der Waals surface area (Å²) < 4.78 is 0. The second kappa shape index (κ2) is 2.77. The highest BCUT2D eigenvalue weighted by molar-refractivity contribution is 5.90. The van der Waals surface area contributed by atoms with Crippen molar-refractivity contribution in [3.8, 4) is 0 Å². The summed E-state index contributed by atoms with van der Waals surface area (Å²) in [5.41, 5.74) is 4.52. The molecular formula is C5H7NO4. The summed E-state index contributed by atoms with van der Waals surface area (Å²) in [7, 11) is 0. The SMILES string of the molecule is C=C(O)/C(O)=C(/O)C(N)=O. The lowest BCUT2D eigenvalue weighted by Gasteiger charge is -1.97. The van der Waals surface area contributed by atoms with E-state index in [0.717, 1.165) is 0 Å². The number of hydrogen-bond donors (Lipinski definition) is 4. The van der Waals surface area contributed by atoms with Gasteiger partial charge in [0.1, 0.15) is 0 Å². The number of aliphatic hydroxyl groups excluding tert-OH is 3. The van der Waals surface area contributed by atoms with Gasteiger partial charge < -0.3 is 21.1 Å². The Bertz CT molecular complexity index is 184. The van der Waals surface area contributed by atoms with E-state index in [1.54, 1.807) is 0 Å². The van der Waals surface area contributed by atoms with E-state index in [-0.39, 0.29) is 0 Å². The molecule has 56 valence electrons. The first-order valence-corrected chi connectivity index (χ1v) is 2.27. The first-order valence-electron chi connectivity index (χ1n) is 2.27. The lowest BCUT2D eigenvalue weighted by Crippen LogP contribution is -2.16. The molecule has 5 heteroatoms. The number of nitrogens with two attached hydrogens (primary N) is 1. The van der Waals surface area contributed by atoms with Crippen LogP contribution >= 0.6 is 0 Å². The van der Waals surface area contributed by atoms with Gasteiger partial charge in [-0.2, -0.15) is 0 Å². The van der Waals surface area contributed by atoms with Crippen molar-refractivity contribution >= 4 is 5.91 Å². The van der Waals surface area contributed by atoms with Crippen molar-refractivity contribution in [1.82, 2.24) is 0 Å². The standard InChI is InChI=1S/C5H7NO4/c1-2(7)3(8)4(9)5(6)10/h7-9H,1H2,(H2,6,10)/b4-3-. The third-order valence-electron chi connectivity index (χ3n) is 0.731. The molecule has 0 fully saturated rings. The van der Waals surface area contributed by atoms with Crippen LogP contribution in [0, 0.1) is 0 Å². The number of carbonyl (C=O) groups excluding carboxylic acids is 1. The molecule has 0 rings (SSSR count). The van der Waals surface area contributed by atoms with Crippen molar-refractivity contribution in [1.29, 1.82) is 0 Å². The van der Waals surface area contributed by atoms with E-state index in [1.165, 1.54) is 0 Å². The zero-order valence-corrected chi connectivity index (χ0v) is 5.03. The highest BCUT2D eigenvalue weighted by atomic mass is 16.3. The first-order chi connectivity index (χ1) is 4.46. The van der Waals surface area contributed by atoms with Crippen molar-refractivity contribution in [2.75, 3.05) is 0 Å². The van der Waals surface area contributed by atoms with E-state index in [0.29, 0.717) is 0 Å². The van der Waals surface area contributed by atoms with Crippen molar-refractivity contribution in [3.63, 3.8) is 0 Å². The van der Waals surface area contributed by atoms with Crippen LogP contribution in [0.15, 0.2) is 23.9 Å². The third kappa shape index (κ3) is 1.70. The van der Waals surface area contributed by atoms with Crippen molar-refractivity contribution < 1.29 is 20.1 Å². The van der Waals surface area contributed by atoms with Crippen molar-refractivity contribution in [2.45, 2.75) is 0 Å². The van der Waals surface area contributed by atoms with Crippen LogP contribution in [0.1, 0.15) is 0 Å². The summed E-state index contributed by atoms with van der Waals surface area (Å²) in [6.07, 6.45) is 0. The minimum Gasteiger partial charge on any atom is -0.505 e. The van der Waals surface area contributed by atoms with Gasteiger partial charge in [-0.05, 0) is 0 Å². The fraction of sp³-hybridized carbons (Fsp3) is 0. The maximum atomic E-state index is 10.0. The van der Waals surface area contributed by atoms with Gasteiger partial charge in [-0.1, -0.05) is 6.58 Å². The first kappa shape index (κ1) is 8.35. The molecular weight excluding hydrogens is 138 g/mol. The summed E-state index contributed by atoms with van der Waals surface area (Å²) in [6.45, 7) is 2.84. The molecule has 5 nitrogen and oxygen atoms in total. The molecule has 0 bridgehead atoms. The second-order valence-corrected chi connectivity index (χ2v) is 1.51. The van der Waals surface area contributed by atoms with Crippen LogP contribution in [-0.2, 0) is 4.79 Å². The average Bonchev–Trinajstić information content (AvgIpc) is 1.84. The molecule has 0 radical (unpaired) electrons. The summed E-state index contributed by atoms with van der Waals surface area (Å²) in [4.78, 5) is 10.0. The summed E-state index contributed by atoms with van der Waals surface area (Å²) in [5.74, 6) is -4.15. The van der Waals surface area contributed by atoms with E-state index in [9.17, 15) is 4.79 Å². The average molecular weight is 145 g/mol. The number of carbonyl (C=O) groups is 1. The van der Waals surface area contributed by atoms with Crippen molar-refractivity contribution in [2.24, 2.45) is 5.73 Å². The second-order valence-electron chi connectivity index (χ2n) is 1.51. The fourth-order valence-electron chi connectivity index (χ4n) is 0.253. The van der Waals surface area contributed by atoms with Crippen LogP contribution in [0.25, 0.3) is 0 Å². The van der Waals surface area contributed by atoms with Crippen LogP contribution in [-0.4, -0.2) is 21.2 Å². The quantitative estimate of drug-likeness (QED) is 0.247. The largest absolute Gasteiger partial charge is 0.505 e. The molecule has 0 saturated carbocycles. The Balaban J connectivity index is 4.67. The number of hydrogen-bond acceptors (Lipinski definition) is 4. The molecule has 0 aliphatic rings. The van der Waals surface area contributed by atoms with Gasteiger partial charge in [-0.3, -0.25) is 4.79 Å². The molecule has 0 aromatic heterocycles. The molecule has 0 aliphatic heterocycles. The van der Waals surface area contributed by atoms with E-state index >= 15 is 0 Å². The number of aliphatic hydroxyl groups is 3. The van der Waals surface area contributed by atoms with E-state index in [2.05, 4.69) is 12.3 Å². The molecule has 0 aliphatic carbocycles. The van der Waals surface area contributed by atoms with Crippen LogP contribution in [0.2, 0.25) is 0 Å². The Morgan fingerprint density at radius 1 is 1.20 bits per heavy atom. The Labute approximate surface area is 56.7 Å². The fourth-order valence-corrected chi connectivity index (χ4v) is 0.253. The molecule has 0 aromatic rings. The minimum absolute atomic E-state index is 0.809. The normalized spacial score (nSPS) is 12.0. The predicted octanol–water partition coefficient (Wildman–Crippen LogP) is -0.129. The Morgan fingerprint density at radius 3 is 1.70 bits per heavy atom. The maximum absolute atomic E-state index is 10.0. The van der Waals surface area contributed by atoms with Gasteiger partial charge in [-0.15, -0.1) is 0 Å². The van der Waals surface area contributed by atoms with Crippen LogP contribution in [0.4, 0.5) is 0 Å². The molecule has 10 heavy (non-hydrogen) atoms. The molecule has 0 heterocycles. The maximum Gasteiger partial charge on any atom is 0.287 e. The zero-order valence-electron chi connectivity index (χ0n) is 5.03. The molecule has 0 spiro atoms. The monoisotopic (exact) mass is 145 g/mol. The molecule has 0 unspecified atom stereocenters. The van der Waals surface area contributed by atoms with E-state index in [4.69, 9.17) is 15.3 Å². The Kier molecular flexibility index (Phi) is 2.31. The lowest BCUT2D eigenvalue weighted by molar-refractivity contribution is -0.117. The summed E-state index contributed by atoms with van der Waals surface area (Å²) in [5, 5.41) is 25.4. The number of amides is 1. The summed E-state index contributed by atoms with van der Waals surface area (Å²) in [6, 6.07) is 0.